The normalized spacial score (nSPS) is 15.2. The van der Waals surface area contributed by atoms with Gasteiger partial charge >= 0.3 is 18.3 Å². The average molecular weight is 675 g/mol. The van der Waals surface area contributed by atoms with Crippen LogP contribution in [0.25, 0.3) is 22.3 Å². The van der Waals surface area contributed by atoms with E-state index in [0.29, 0.717) is 22.3 Å². The highest BCUT2D eigenvalue weighted by molar-refractivity contribution is 7.99. The molecule has 12 heteroatoms. The number of alkyl halides is 6. The Hall–Kier alpha value is -2.70. The van der Waals surface area contributed by atoms with E-state index in [1.807, 2.05) is 6.92 Å². The van der Waals surface area contributed by atoms with Crippen molar-refractivity contribution in [2.24, 2.45) is 22.8 Å². The van der Waals surface area contributed by atoms with Gasteiger partial charge in [-0.25, -0.2) is 0 Å². The Kier molecular flexibility index (Phi) is 11.6. The fourth-order valence-corrected chi connectivity index (χ4v) is 6.23. The lowest BCUT2D eigenvalue weighted by Crippen LogP contribution is -2.59. The zero-order valence-corrected chi connectivity index (χ0v) is 27.9. The Morgan fingerprint density at radius 1 is 0.935 bits per heavy atom. The van der Waals surface area contributed by atoms with Gasteiger partial charge in [-0.15, -0.1) is 11.8 Å². The molecule has 0 bridgehead atoms. The van der Waals surface area contributed by atoms with Crippen LogP contribution in [0.1, 0.15) is 78.4 Å². The van der Waals surface area contributed by atoms with E-state index in [9.17, 15) is 31.1 Å². The van der Waals surface area contributed by atoms with Crippen LogP contribution in [0.3, 0.4) is 0 Å². The van der Waals surface area contributed by atoms with E-state index >= 15 is 0 Å². The summed E-state index contributed by atoms with van der Waals surface area (Å²) in [6.45, 7) is 9.25. The van der Waals surface area contributed by atoms with Crippen LogP contribution in [0.4, 0.5) is 26.3 Å². The summed E-state index contributed by atoms with van der Waals surface area (Å²) >= 11 is 0.874. The number of furan rings is 1. The van der Waals surface area contributed by atoms with Crippen molar-refractivity contribution in [3.8, 4) is 11.3 Å². The van der Waals surface area contributed by atoms with Crippen molar-refractivity contribution in [3.63, 3.8) is 0 Å². The second-order valence-corrected chi connectivity index (χ2v) is 14.6. The zero-order valence-electron chi connectivity index (χ0n) is 27.1. The summed E-state index contributed by atoms with van der Waals surface area (Å²) < 4.78 is 94.9. The number of carbonyl (C=O) groups excluding carboxylic acids is 1. The number of thioether (sulfide) groups is 1. The topological polar surface area (TPSA) is 91.5 Å². The standard InChI is InChI=1S/C34H44F6N2O3S/c1-7-8-9-10-21-11-14-25(26(15-21)34(38,39)40)28-16-22-12-13-24(17-27(22)45-28)46-19-23(33(35,36)37)18-44-29(43)31(4,5)32(6,42)20-30(2,3)41/h11-17,23H,7-10,18-20,41-42H2,1-6H3. The van der Waals surface area contributed by atoms with Crippen LogP contribution in [0.5, 0.6) is 0 Å². The van der Waals surface area contributed by atoms with Gasteiger partial charge in [0, 0.05) is 32.7 Å². The van der Waals surface area contributed by atoms with Crippen molar-refractivity contribution in [2.75, 3.05) is 12.4 Å². The maximum Gasteiger partial charge on any atom is 0.417 e. The third-order valence-corrected chi connectivity index (χ3v) is 9.46. The summed E-state index contributed by atoms with van der Waals surface area (Å²) in [7, 11) is 0. The predicted molar refractivity (Wildman–Crippen MR) is 170 cm³/mol. The van der Waals surface area contributed by atoms with Gasteiger partial charge in [0.25, 0.3) is 0 Å². The highest BCUT2D eigenvalue weighted by Gasteiger charge is 2.48. The molecule has 0 saturated carbocycles. The van der Waals surface area contributed by atoms with Crippen molar-refractivity contribution in [1.29, 1.82) is 0 Å². The van der Waals surface area contributed by atoms with Crippen molar-refractivity contribution >= 4 is 28.7 Å². The van der Waals surface area contributed by atoms with E-state index in [4.69, 9.17) is 20.6 Å². The number of carbonyl (C=O) groups is 1. The maximum absolute atomic E-state index is 14.0. The fraction of sp³-hybridized carbons (Fsp3) is 0.559. The van der Waals surface area contributed by atoms with Gasteiger partial charge in [0.05, 0.1) is 16.9 Å². The number of rotatable bonds is 14. The summed E-state index contributed by atoms with van der Waals surface area (Å²) in [6.07, 6.45) is -5.86. The Morgan fingerprint density at radius 3 is 2.20 bits per heavy atom. The van der Waals surface area contributed by atoms with Crippen molar-refractivity contribution in [2.45, 2.75) is 102 Å². The van der Waals surface area contributed by atoms with Crippen LogP contribution in [-0.2, 0) is 22.1 Å². The Morgan fingerprint density at radius 2 is 1.61 bits per heavy atom. The van der Waals surface area contributed by atoms with Crippen LogP contribution >= 0.6 is 11.8 Å². The SMILES string of the molecule is CCCCCc1ccc(-c2cc3ccc(SCC(COC(=O)C(C)(C)C(C)(N)CC(C)(C)N)C(F)(F)F)cc3o2)c(C(F)(F)F)c1. The van der Waals surface area contributed by atoms with Crippen LogP contribution in [0, 0.1) is 11.3 Å². The maximum atomic E-state index is 14.0. The van der Waals surface area contributed by atoms with Gasteiger partial charge < -0.3 is 20.6 Å². The predicted octanol–water partition coefficient (Wildman–Crippen LogP) is 9.54. The molecule has 0 aliphatic rings. The number of esters is 1. The molecule has 5 nitrogen and oxygen atoms in total. The van der Waals surface area contributed by atoms with Gasteiger partial charge in [-0.05, 0) is 89.8 Å². The molecule has 2 atom stereocenters. The second kappa shape index (κ2) is 14.2. The Labute approximate surface area is 270 Å². The molecule has 0 radical (unpaired) electrons. The average Bonchev–Trinajstić information content (AvgIpc) is 3.33. The molecule has 3 rings (SSSR count). The van der Waals surface area contributed by atoms with Crippen LogP contribution in [-0.4, -0.2) is 35.6 Å². The highest BCUT2D eigenvalue weighted by Crippen LogP contribution is 2.41. The third kappa shape index (κ3) is 9.67. The third-order valence-electron chi connectivity index (χ3n) is 8.31. The minimum absolute atomic E-state index is 0.0113. The first-order chi connectivity index (χ1) is 21.0. The second-order valence-electron chi connectivity index (χ2n) is 13.5. The molecule has 0 amide bonds. The van der Waals surface area contributed by atoms with Gasteiger partial charge in [-0.2, -0.15) is 26.3 Å². The molecule has 256 valence electrons. The summed E-state index contributed by atoms with van der Waals surface area (Å²) in [5.74, 6) is -3.31. The van der Waals surface area contributed by atoms with E-state index < -0.39 is 58.7 Å². The van der Waals surface area contributed by atoms with Crippen LogP contribution < -0.4 is 11.5 Å². The number of halogens is 6. The first-order valence-electron chi connectivity index (χ1n) is 15.2. The van der Waals surface area contributed by atoms with Gasteiger partial charge in [0.1, 0.15) is 18.0 Å². The first kappa shape index (κ1) is 37.8. The molecule has 46 heavy (non-hydrogen) atoms. The molecule has 0 fully saturated rings. The number of hydrogen-bond donors (Lipinski definition) is 2. The van der Waals surface area contributed by atoms with Crippen LogP contribution in [0.15, 0.2) is 51.8 Å². The summed E-state index contributed by atoms with van der Waals surface area (Å²) in [5.41, 5.74) is 9.17. The van der Waals surface area contributed by atoms with Gasteiger partial charge in [-0.3, -0.25) is 4.79 Å². The fourth-order valence-electron chi connectivity index (χ4n) is 5.20. The van der Waals surface area contributed by atoms with Crippen molar-refractivity contribution in [3.05, 3.63) is 53.6 Å². The Bertz CT molecular complexity index is 1490. The van der Waals surface area contributed by atoms with E-state index in [-0.39, 0.29) is 23.3 Å². The Balaban J connectivity index is 1.77. The summed E-state index contributed by atoms with van der Waals surface area (Å²) in [6, 6.07) is 10.4. The molecule has 0 saturated heterocycles. The molecule has 4 N–H and O–H groups in total. The number of aryl methyl sites for hydroxylation is 1. The number of fused-ring (bicyclic) bond motifs is 1. The number of benzene rings is 2. The monoisotopic (exact) mass is 674 g/mol. The smallest absolute Gasteiger partial charge is 0.417 e. The van der Waals surface area contributed by atoms with Crippen molar-refractivity contribution < 1.29 is 40.3 Å². The zero-order chi connectivity index (χ0) is 34.7. The molecular weight excluding hydrogens is 630 g/mol. The number of nitrogens with two attached hydrogens (primary N) is 2. The minimum Gasteiger partial charge on any atom is -0.465 e. The lowest BCUT2D eigenvalue weighted by Gasteiger charge is -2.42. The molecular formula is C34H44F6N2O3S. The van der Waals surface area contributed by atoms with E-state index in [1.54, 1.807) is 39.0 Å². The molecule has 1 heterocycles. The minimum atomic E-state index is -4.67. The molecule has 2 unspecified atom stereocenters. The van der Waals surface area contributed by atoms with Crippen LogP contribution in [0.2, 0.25) is 0 Å². The summed E-state index contributed by atoms with van der Waals surface area (Å²) in [5, 5.41) is 0.508. The molecule has 3 aromatic rings. The number of unbranched alkanes of at least 4 members (excludes halogenated alkanes) is 2. The van der Waals surface area contributed by atoms with E-state index in [0.717, 1.165) is 37.1 Å². The highest BCUT2D eigenvalue weighted by atomic mass is 32.2. The van der Waals surface area contributed by atoms with Gasteiger partial charge in [0.2, 0.25) is 0 Å². The number of ether oxygens (including phenoxy) is 1. The largest absolute Gasteiger partial charge is 0.465 e. The molecule has 0 aliphatic heterocycles. The molecule has 0 spiro atoms. The van der Waals surface area contributed by atoms with E-state index in [1.165, 1.54) is 32.0 Å². The molecule has 0 aliphatic carbocycles. The molecule has 1 aromatic heterocycles. The lowest BCUT2D eigenvalue weighted by atomic mass is 9.68. The summed E-state index contributed by atoms with van der Waals surface area (Å²) in [4.78, 5) is 13.3. The van der Waals surface area contributed by atoms with Gasteiger partial charge in [0.15, 0.2) is 0 Å². The lowest BCUT2D eigenvalue weighted by molar-refractivity contribution is -0.189. The van der Waals surface area contributed by atoms with Gasteiger partial charge in [-0.1, -0.05) is 31.9 Å². The number of hydrogen-bond acceptors (Lipinski definition) is 6. The first-order valence-corrected chi connectivity index (χ1v) is 16.2. The quantitative estimate of drug-likeness (QED) is 0.0766. The molecule has 2 aromatic carbocycles. The van der Waals surface area contributed by atoms with E-state index in [2.05, 4.69) is 0 Å². The van der Waals surface area contributed by atoms with Crippen molar-refractivity contribution in [1.82, 2.24) is 0 Å².